The molecule has 2 rings (SSSR count). The fourth-order valence-electron chi connectivity index (χ4n) is 2.33. The summed E-state index contributed by atoms with van der Waals surface area (Å²) in [5, 5.41) is 16.0. The van der Waals surface area contributed by atoms with E-state index >= 15 is 0 Å². The van der Waals surface area contributed by atoms with Crippen LogP contribution >= 0.6 is 36.4 Å². The molecule has 146 valence electrons. The monoisotopic (exact) mass is 420 g/mol. The summed E-state index contributed by atoms with van der Waals surface area (Å²) < 4.78 is 5.95. The summed E-state index contributed by atoms with van der Waals surface area (Å²) in [4.78, 5) is 0. The van der Waals surface area contributed by atoms with Gasteiger partial charge in [-0.3, -0.25) is 0 Å². The van der Waals surface area contributed by atoms with Crippen LogP contribution in [0.3, 0.4) is 0 Å². The van der Waals surface area contributed by atoms with Crippen molar-refractivity contribution >= 4 is 36.4 Å². The number of nitrogens with one attached hydrogen (secondary N) is 2. The molecule has 0 saturated heterocycles. The van der Waals surface area contributed by atoms with E-state index in [1.54, 1.807) is 0 Å². The van der Waals surface area contributed by atoms with E-state index in [0.29, 0.717) is 13.2 Å². The molecule has 2 aromatic carbocycles. The maximum atomic E-state index is 8.70. The van der Waals surface area contributed by atoms with Gasteiger partial charge in [-0.1, -0.05) is 48.0 Å². The number of aliphatic hydroxyl groups excluding tert-OH is 1. The molecular weight excluding hydrogens is 395 g/mol. The highest BCUT2D eigenvalue weighted by atomic mass is 35.5. The van der Waals surface area contributed by atoms with Gasteiger partial charge in [-0.15, -0.1) is 24.8 Å². The van der Waals surface area contributed by atoms with E-state index in [1.807, 2.05) is 42.5 Å². The zero-order valence-corrected chi connectivity index (χ0v) is 17.0. The molecule has 0 radical (unpaired) electrons. The Bertz CT molecular complexity index is 615. The quantitative estimate of drug-likeness (QED) is 0.483. The molecule has 4 nitrogen and oxygen atoms in total. The lowest BCUT2D eigenvalue weighted by atomic mass is 10.2. The minimum atomic E-state index is 0. The van der Waals surface area contributed by atoms with Gasteiger partial charge in [-0.05, 0) is 31.6 Å². The first-order valence-corrected chi connectivity index (χ1v) is 8.65. The maximum absolute atomic E-state index is 8.70. The Labute approximate surface area is 173 Å². The molecule has 0 aliphatic carbocycles. The molecule has 2 aromatic rings. The van der Waals surface area contributed by atoms with Crippen molar-refractivity contribution in [3.8, 4) is 5.75 Å². The Hall–Kier alpha value is -1.01. The summed E-state index contributed by atoms with van der Waals surface area (Å²) in [6, 6.07) is 15.8. The number of hydrogen-bond acceptors (Lipinski definition) is 4. The van der Waals surface area contributed by atoms with Gasteiger partial charge in [-0.2, -0.15) is 0 Å². The molecule has 0 fully saturated rings. The molecule has 0 spiro atoms. The topological polar surface area (TPSA) is 53.5 Å². The first kappa shape index (κ1) is 25.0. The number of halogens is 3. The average molecular weight is 422 g/mol. The van der Waals surface area contributed by atoms with E-state index in [9.17, 15) is 0 Å². The molecule has 3 N–H and O–H groups in total. The lowest BCUT2D eigenvalue weighted by molar-refractivity contribution is 0.292. The van der Waals surface area contributed by atoms with Gasteiger partial charge in [0.25, 0.3) is 0 Å². The van der Waals surface area contributed by atoms with Crippen molar-refractivity contribution in [2.75, 3.05) is 26.2 Å². The van der Waals surface area contributed by atoms with Gasteiger partial charge in [0, 0.05) is 29.2 Å². The summed E-state index contributed by atoms with van der Waals surface area (Å²) in [7, 11) is 0. The number of rotatable bonds is 11. The Morgan fingerprint density at radius 3 is 2.23 bits per heavy atom. The van der Waals surface area contributed by atoms with Crippen LogP contribution in [0.25, 0.3) is 0 Å². The zero-order chi connectivity index (χ0) is 17.0. The number of aliphatic hydroxyl groups is 1. The number of para-hydroxylation sites is 1. The summed E-state index contributed by atoms with van der Waals surface area (Å²) in [6.07, 6.45) is 1.02. The van der Waals surface area contributed by atoms with Crippen molar-refractivity contribution in [2.45, 2.75) is 19.6 Å². The molecule has 7 heteroatoms. The highest BCUT2D eigenvalue weighted by Gasteiger charge is 2.05. The summed E-state index contributed by atoms with van der Waals surface area (Å²) in [5.74, 6) is 0.878. The van der Waals surface area contributed by atoms with Crippen LogP contribution in [-0.4, -0.2) is 31.3 Å². The Balaban J connectivity index is 0.00000312. The van der Waals surface area contributed by atoms with Gasteiger partial charge in [0.15, 0.2) is 0 Å². The van der Waals surface area contributed by atoms with Crippen LogP contribution in [0.2, 0.25) is 5.02 Å². The van der Waals surface area contributed by atoms with Crippen molar-refractivity contribution in [2.24, 2.45) is 0 Å². The third kappa shape index (κ3) is 9.08. The van der Waals surface area contributed by atoms with Gasteiger partial charge >= 0.3 is 0 Å². The van der Waals surface area contributed by atoms with Gasteiger partial charge in [0.1, 0.15) is 12.4 Å². The zero-order valence-electron chi connectivity index (χ0n) is 14.6. The van der Waals surface area contributed by atoms with E-state index in [1.165, 1.54) is 0 Å². The average Bonchev–Trinajstić information content (AvgIpc) is 2.61. The van der Waals surface area contributed by atoms with Crippen LogP contribution in [0.1, 0.15) is 17.5 Å². The highest BCUT2D eigenvalue weighted by Crippen LogP contribution is 2.21. The van der Waals surface area contributed by atoms with Crippen LogP contribution in [0, 0.1) is 0 Å². The minimum absolute atomic E-state index is 0. The van der Waals surface area contributed by atoms with E-state index in [0.717, 1.165) is 48.0 Å². The van der Waals surface area contributed by atoms with Gasteiger partial charge in [0.05, 0.1) is 6.61 Å². The molecule has 0 unspecified atom stereocenters. The summed E-state index contributed by atoms with van der Waals surface area (Å²) in [6.45, 7) is 3.87. The molecule has 0 bridgehead atoms. The second-order valence-corrected chi connectivity index (χ2v) is 5.90. The van der Waals surface area contributed by atoms with Crippen LogP contribution in [0.4, 0.5) is 0 Å². The van der Waals surface area contributed by atoms with Crippen LogP contribution < -0.4 is 15.4 Å². The third-order valence-corrected chi connectivity index (χ3v) is 3.99. The molecule has 0 aliphatic rings. The van der Waals surface area contributed by atoms with Crippen molar-refractivity contribution in [1.82, 2.24) is 10.6 Å². The molecule has 0 amide bonds. The van der Waals surface area contributed by atoms with E-state index < -0.39 is 0 Å². The van der Waals surface area contributed by atoms with Gasteiger partial charge in [0.2, 0.25) is 0 Å². The van der Waals surface area contributed by atoms with Crippen LogP contribution in [0.15, 0.2) is 48.5 Å². The standard InChI is InChI=1S/C19H25ClN2O2.2ClH/c20-18-8-3-1-7-17(18)15-24-19-9-4-2-6-16(19)14-22-11-5-10-21-12-13-23;;/h1-4,6-9,21-23H,5,10-15H2;2*1H. The smallest absolute Gasteiger partial charge is 0.124 e. The lowest BCUT2D eigenvalue weighted by Gasteiger charge is -2.13. The minimum Gasteiger partial charge on any atom is -0.489 e. The first-order chi connectivity index (χ1) is 11.8. The highest BCUT2D eigenvalue weighted by molar-refractivity contribution is 6.31. The van der Waals surface area contributed by atoms with Crippen molar-refractivity contribution < 1.29 is 9.84 Å². The van der Waals surface area contributed by atoms with E-state index in [-0.39, 0.29) is 31.4 Å². The van der Waals surface area contributed by atoms with Crippen molar-refractivity contribution in [3.05, 3.63) is 64.7 Å². The summed E-state index contributed by atoms with van der Waals surface area (Å²) >= 11 is 6.17. The predicted molar refractivity (Wildman–Crippen MR) is 113 cm³/mol. The molecular formula is C19H27Cl3N2O2. The largest absolute Gasteiger partial charge is 0.489 e. The second kappa shape index (κ2) is 15.1. The molecule has 0 heterocycles. The predicted octanol–water partition coefficient (Wildman–Crippen LogP) is 3.82. The Kier molecular flexibility index (Phi) is 14.5. The van der Waals surface area contributed by atoms with Crippen molar-refractivity contribution in [3.63, 3.8) is 0 Å². The molecule has 26 heavy (non-hydrogen) atoms. The van der Waals surface area contributed by atoms with Gasteiger partial charge in [-0.25, -0.2) is 0 Å². The Morgan fingerprint density at radius 1 is 0.846 bits per heavy atom. The SMILES string of the molecule is Cl.Cl.OCCNCCCNCc1ccccc1OCc1ccccc1Cl. The normalized spacial score (nSPS) is 9.92. The lowest BCUT2D eigenvalue weighted by Crippen LogP contribution is -2.24. The first-order valence-electron chi connectivity index (χ1n) is 8.27. The van der Waals surface area contributed by atoms with Crippen LogP contribution in [-0.2, 0) is 13.2 Å². The maximum Gasteiger partial charge on any atom is 0.124 e. The number of hydrogen-bond donors (Lipinski definition) is 3. The van der Waals surface area contributed by atoms with Crippen molar-refractivity contribution in [1.29, 1.82) is 0 Å². The second-order valence-electron chi connectivity index (χ2n) is 5.49. The van der Waals surface area contributed by atoms with E-state index in [4.69, 9.17) is 21.4 Å². The fourth-order valence-corrected chi connectivity index (χ4v) is 2.52. The molecule has 0 atom stereocenters. The summed E-state index contributed by atoms with van der Waals surface area (Å²) in [5.41, 5.74) is 2.12. The fraction of sp³-hybridized carbons (Fsp3) is 0.368. The number of benzene rings is 2. The van der Waals surface area contributed by atoms with Crippen LogP contribution in [0.5, 0.6) is 5.75 Å². The molecule has 0 aliphatic heterocycles. The van der Waals surface area contributed by atoms with Gasteiger partial charge < -0.3 is 20.5 Å². The Morgan fingerprint density at radius 2 is 1.50 bits per heavy atom. The third-order valence-electron chi connectivity index (χ3n) is 3.62. The van der Waals surface area contributed by atoms with E-state index in [2.05, 4.69) is 16.7 Å². The number of ether oxygens (including phenoxy) is 1. The molecule has 0 saturated carbocycles. The molecule has 0 aromatic heterocycles.